The first kappa shape index (κ1) is 22.8. The normalized spacial score (nSPS) is 17.1. The van der Waals surface area contributed by atoms with Gasteiger partial charge in [0.05, 0.1) is 34.7 Å². The first-order valence-electron chi connectivity index (χ1n) is 11.0. The van der Waals surface area contributed by atoms with Gasteiger partial charge in [0, 0.05) is 13.1 Å². The summed E-state index contributed by atoms with van der Waals surface area (Å²) in [6.45, 7) is 21.5. The predicted octanol–water partition coefficient (Wildman–Crippen LogP) is 2.88. The largest absolute Gasteiger partial charge is 0.476 e. The fourth-order valence-electron chi connectivity index (χ4n) is 3.92. The molecule has 0 N–H and O–H groups in total. The summed E-state index contributed by atoms with van der Waals surface area (Å²) in [5.74, 6) is 0. The smallest absolute Gasteiger partial charge is 0.203 e. The Hall–Kier alpha value is -0.869. The van der Waals surface area contributed by atoms with Crippen LogP contribution in [-0.4, -0.2) is 62.0 Å². The lowest BCUT2D eigenvalue weighted by atomic mass is 10.3. The van der Waals surface area contributed by atoms with Crippen LogP contribution in [0, 0.1) is 0 Å². The van der Waals surface area contributed by atoms with Crippen molar-refractivity contribution in [1.82, 2.24) is 4.90 Å². The molecule has 1 saturated heterocycles. The molecule has 0 atom stereocenters. The highest BCUT2D eigenvalue weighted by Crippen LogP contribution is 2.17. The van der Waals surface area contributed by atoms with Crippen molar-refractivity contribution >= 4 is 45.8 Å². The molecular weight excluding hydrogens is 411 g/mol. The Labute approximate surface area is 179 Å². The van der Waals surface area contributed by atoms with Gasteiger partial charge in [0.1, 0.15) is 16.1 Å². The lowest BCUT2D eigenvalue weighted by Crippen LogP contribution is -2.56. The van der Waals surface area contributed by atoms with Gasteiger partial charge in [-0.05, 0) is 43.3 Å². The Bertz CT molecular complexity index is 743. The van der Waals surface area contributed by atoms with E-state index in [2.05, 4.69) is 75.0 Å². The SMILES string of the molecule is C[Si](C)(C)c1ccc([Si](C)(CCCN2CCOCC2)c2ccc([Si](C)(C)C)o2)o1. The second-order valence-corrected chi connectivity index (χ2v) is 24.9. The molecule has 0 saturated carbocycles. The minimum Gasteiger partial charge on any atom is -0.476 e. The maximum Gasteiger partial charge on any atom is 0.203 e. The summed E-state index contributed by atoms with van der Waals surface area (Å²) >= 11 is 0. The van der Waals surface area contributed by atoms with E-state index in [1.54, 1.807) is 0 Å². The van der Waals surface area contributed by atoms with E-state index >= 15 is 0 Å². The molecule has 0 bridgehead atoms. The van der Waals surface area contributed by atoms with Crippen molar-refractivity contribution in [2.45, 2.75) is 58.3 Å². The van der Waals surface area contributed by atoms with Crippen LogP contribution in [0.15, 0.2) is 33.1 Å². The van der Waals surface area contributed by atoms with Crippen LogP contribution in [0.5, 0.6) is 0 Å². The molecule has 0 unspecified atom stereocenters. The minimum absolute atomic E-state index is 0.865. The Morgan fingerprint density at radius 1 is 0.724 bits per heavy atom. The molecule has 1 aliphatic rings. The number of morpholine rings is 1. The molecule has 7 heteroatoms. The summed E-state index contributed by atoms with van der Waals surface area (Å²) in [5.41, 5.74) is 0. The van der Waals surface area contributed by atoms with Gasteiger partial charge < -0.3 is 13.6 Å². The first-order chi connectivity index (χ1) is 13.5. The Balaban J connectivity index is 1.86. The number of rotatable bonds is 8. The number of hydrogen-bond acceptors (Lipinski definition) is 4. The molecule has 162 valence electrons. The summed E-state index contributed by atoms with van der Waals surface area (Å²) in [6.07, 6.45) is 1.18. The fourth-order valence-corrected chi connectivity index (χ4v) is 9.30. The third-order valence-corrected chi connectivity index (χ3v) is 13.6. The second-order valence-electron chi connectivity index (χ2n) is 10.7. The van der Waals surface area contributed by atoms with Gasteiger partial charge in [0.2, 0.25) is 8.07 Å². The molecule has 2 aromatic rings. The molecule has 3 rings (SSSR count). The van der Waals surface area contributed by atoms with Gasteiger partial charge in [-0.1, -0.05) is 45.8 Å². The lowest BCUT2D eigenvalue weighted by molar-refractivity contribution is 0.0379. The topological polar surface area (TPSA) is 38.8 Å². The first-order valence-corrected chi connectivity index (χ1v) is 20.7. The Morgan fingerprint density at radius 2 is 1.17 bits per heavy atom. The molecule has 0 aromatic carbocycles. The van der Waals surface area contributed by atoms with Gasteiger partial charge in [-0.2, -0.15) is 0 Å². The summed E-state index contributed by atoms with van der Waals surface area (Å²) in [6, 6.07) is 10.1. The molecule has 1 aliphatic heterocycles. The fraction of sp³-hybridized carbons (Fsp3) is 0.636. The average Bonchev–Trinajstić information content (AvgIpc) is 3.32. The van der Waals surface area contributed by atoms with Crippen LogP contribution in [0.2, 0.25) is 51.9 Å². The van der Waals surface area contributed by atoms with Crippen molar-refractivity contribution in [3.63, 3.8) is 0 Å². The molecule has 29 heavy (non-hydrogen) atoms. The Kier molecular flexibility index (Phi) is 6.85. The second kappa shape index (κ2) is 8.71. The van der Waals surface area contributed by atoms with Crippen molar-refractivity contribution in [3.05, 3.63) is 24.3 Å². The molecule has 1 fully saturated rings. The van der Waals surface area contributed by atoms with Gasteiger partial charge in [0.25, 0.3) is 0 Å². The average molecular weight is 450 g/mol. The third-order valence-electron chi connectivity index (χ3n) is 6.03. The van der Waals surface area contributed by atoms with E-state index in [0.29, 0.717) is 0 Å². The van der Waals surface area contributed by atoms with Crippen LogP contribution in [0.4, 0.5) is 0 Å². The molecular formula is C22H39NO3Si3. The van der Waals surface area contributed by atoms with Crippen LogP contribution in [0.25, 0.3) is 0 Å². The van der Waals surface area contributed by atoms with E-state index in [-0.39, 0.29) is 0 Å². The molecule has 0 spiro atoms. The summed E-state index contributed by atoms with van der Waals surface area (Å²) < 4.78 is 18.6. The zero-order chi connectivity index (χ0) is 21.3. The van der Waals surface area contributed by atoms with Crippen LogP contribution >= 0.6 is 0 Å². The monoisotopic (exact) mass is 449 g/mol. The molecule has 3 heterocycles. The summed E-state index contributed by atoms with van der Waals surface area (Å²) in [5, 5.41) is 4.79. The van der Waals surface area contributed by atoms with Crippen molar-refractivity contribution < 1.29 is 13.6 Å². The molecule has 4 nitrogen and oxygen atoms in total. The maximum absolute atomic E-state index is 6.55. The van der Waals surface area contributed by atoms with Crippen molar-refractivity contribution in [2.75, 3.05) is 32.8 Å². The molecule has 0 aliphatic carbocycles. The number of nitrogens with zero attached hydrogens (tertiary/aromatic N) is 1. The van der Waals surface area contributed by atoms with Crippen molar-refractivity contribution in [2.24, 2.45) is 0 Å². The highest BCUT2D eigenvalue weighted by Gasteiger charge is 2.40. The van der Waals surface area contributed by atoms with E-state index in [4.69, 9.17) is 13.6 Å². The van der Waals surface area contributed by atoms with E-state index in [9.17, 15) is 0 Å². The number of furan rings is 2. The minimum atomic E-state index is -2.05. The quantitative estimate of drug-likeness (QED) is 0.581. The lowest BCUT2D eigenvalue weighted by Gasteiger charge is -2.29. The van der Waals surface area contributed by atoms with Gasteiger partial charge in [-0.15, -0.1) is 0 Å². The van der Waals surface area contributed by atoms with Gasteiger partial charge in [-0.3, -0.25) is 4.90 Å². The highest BCUT2D eigenvalue weighted by molar-refractivity contribution is 7.00. The molecule has 2 aromatic heterocycles. The van der Waals surface area contributed by atoms with E-state index in [1.165, 1.54) is 28.0 Å². The Morgan fingerprint density at radius 3 is 1.59 bits per heavy atom. The van der Waals surface area contributed by atoms with Crippen molar-refractivity contribution in [1.29, 1.82) is 0 Å². The zero-order valence-corrected chi connectivity index (χ0v) is 22.4. The van der Waals surface area contributed by atoms with Gasteiger partial charge in [-0.25, -0.2) is 0 Å². The van der Waals surface area contributed by atoms with Crippen LogP contribution in [0.1, 0.15) is 6.42 Å². The third kappa shape index (κ3) is 5.44. The van der Waals surface area contributed by atoms with Crippen LogP contribution in [0.3, 0.4) is 0 Å². The standard InChI is InChI=1S/C22H39NO3Si3/c1-27(2,3)19-9-11-21(25-19)29(7,18-8-13-23-14-16-24-17-15-23)22-12-10-20(26-22)28(4,5)6/h9-12H,8,13-18H2,1-7H3. The van der Waals surface area contributed by atoms with E-state index < -0.39 is 24.2 Å². The van der Waals surface area contributed by atoms with Crippen molar-refractivity contribution in [3.8, 4) is 0 Å². The maximum atomic E-state index is 6.55. The summed E-state index contributed by atoms with van der Waals surface area (Å²) in [4.78, 5) is 2.53. The number of ether oxygens (including phenoxy) is 1. The summed E-state index contributed by atoms with van der Waals surface area (Å²) in [7, 11) is -4.98. The number of hydrogen-bond donors (Lipinski definition) is 0. The van der Waals surface area contributed by atoms with E-state index in [0.717, 1.165) is 38.9 Å². The molecule has 0 amide bonds. The molecule has 0 radical (unpaired) electrons. The zero-order valence-electron chi connectivity index (χ0n) is 19.4. The van der Waals surface area contributed by atoms with E-state index in [1.807, 2.05) is 0 Å². The predicted molar refractivity (Wildman–Crippen MR) is 131 cm³/mol. The van der Waals surface area contributed by atoms with Gasteiger partial charge in [0.15, 0.2) is 0 Å². The van der Waals surface area contributed by atoms with Crippen LogP contribution in [-0.2, 0) is 4.74 Å². The van der Waals surface area contributed by atoms with Gasteiger partial charge >= 0.3 is 0 Å². The highest BCUT2D eigenvalue weighted by atomic mass is 28.3. The van der Waals surface area contributed by atoms with Crippen LogP contribution < -0.4 is 21.5 Å².